The molecule has 0 saturated carbocycles. The molecule has 0 aliphatic carbocycles. The highest BCUT2D eigenvalue weighted by Gasteiger charge is 2.04. The number of carbonyl (C=O) groups is 1. The lowest BCUT2D eigenvalue weighted by molar-refractivity contribution is 0.104. The van der Waals surface area contributed by atoms with Gasteiger partial charge in [-0.25, -0.2) is 0 Å². The second-order valence-corrected chi connectivity index (χ2v) is 5.42. The predicted molar refractivity (Wildman–Crippen MR) is 96.9 cm³/mol. The number of rotatable bonds is 8. The lowest BCUT2D eigenvalue weighted by Crippen LogP contribution is -2.01. The Morgan fingerprint density at radius 2 is 1.67 bits per heavy atom. The van der Waals surface area contributed by atoms with Gasteiger partial charge in [0, 0.05) is 23.0 Å². The molecule has 0 bridgehead atoms. The van der Waals surface area contributed by atoms with E-state index in [4.69, 9.17) is 9.47 Å². The summed E-state index contributed by atoms with van der Waals surface area (Å²) >= 11 is 0. The molecule has 126 valence electrons. The third kappa shape index (κ3) is 5.16. The SMILES string of the molecule is CCCOc1ccc(N/C(C)=C/C(=O)c2ccc(OC)cc2)cc1. The average molecular weight is 325 g/mol. The molecule has 0 aliphatic rings. The molecule has 1 N–H and O–H groups in total. The van der Waals surface area contributed by atoms with E-state index in [1.807, 2.05) is 31.2 Å². The molecule has 0 radical (unpaired) electrons. The van der Waals surface area contributed by atoms with Crippen LogP contribution < -0.4 is 14.8 Å². The van der Waals surface area contributed by atoms with Crippen molar-refractivity contribution in [2.75, 3.05) is 19.0 Å². The zero-order chi connectivity index (χ0) is 17.4. The Bertz CT molecular complexity index is 688. The highest BCUT2D eigenvalue weighted by atomic mass is 16.5. The van der Waals surface area contributed by atoms with Gasteiger partial charge in [0.15, 0.2) is 5.78 Å². The van der Waals surface area contributed by atoms with Crippen molar-refractivity contribution in [2.45, 2.75) is 20.3 Å². The Hall–Kier alpha value is -2.75. The van der Waals surface area contributed by atoms with E-state index in [-0.39, 0.29) is 5.78 Å². The quantitative estimate of drug-likeness (QED) is 0.565. The lowest BCUT2D eigenvalue weighted by Gasteiger charge is -2.09. The largest absolute Gasteiger partial charge is 0.497 e. The molecular formula is C20H23NO3. The minimum atomic E-state index is -0.0504. The van der Waals surface area contributed by atoms with Gasteiger partial charge >= 0.3 is 0 Å². The van der Waals surface area contributed by atoms with Crippen molar-refractivity contribution in [2.24, 2.45) is 0 Å². The van der Waals surface area contributed by atoms with Crippen molar-refractivity contribution >= 4 is 11.5 Å². The number of hydrogen-bond donors (Lipinski definition) is 1. The Balaban J connectivity index is 1.98. The summed E-state index contributed by atoms with van der Waals surface area (Å²) in [5.41, 5.74) is 2.31. The van der Waals surface area contributed by atoms with Gasteiger partial charge in [-0.1, -0.05) is 6.92 Å². The molecule has 2 aromatic rings. The first kappa shape index (κ1) is 17.6. The molecule has 0 unspecified atom stereocenters. The number of methoxy groups -OCH3 is 1. The third-order valence-corrected chi connectivity index (χ3v) is 3.39. The Kier molecular flexibility index (Phi) is 6.43. The van der Waals surface area contributed by atoms with Crippen molar-refractivity contribution < 1.29 is 14.3 Å². The minimum absolute atomic E-state index is 0.0504. The van der Waals surface area contributed by atoms with Crippen LogP contribution in [0.25, 0.3) is 0 Å². The molecule has 0 aliphatic heterocycles. The fourth-order valence-corrected chi connectivity index (χ4v) is 2.15. The first-order valence-corrected chi connectivity index (χ1v) is 7.99. The number of ketones is 1. The number of allylic oxidation sites excluding steroid dienone is 2. The summed E-state index contributed by atoms with van der Waals surface area (Å²) in [4.78, 5) is 12.2. The molecule has 2 rings (SSSR count). The van der Waals surface area contributed by atoms with E-state index in [0.29, 0.717) is 12.2 Å². The fraction of sp³-hybridized carbons (Fsp3) is 0.250. The Labute approximate surface area is 143 Å². The molecule has 0 spiro atoms. The molecule has 0 aromatic heterocycles. The lowest BCUT2D eigenvalue weighted by atomic mass is 10.1. The molecule has 0 atom stereocenters. The monoisotopic (exact) mass is 325 g/mol. The maximum atomic E-state index is 12.2. The van der Waals surface area contributed by atoms with Crippen LogP contribution in [0.15, 0.2) is 60.3 Å². The van der Waals surface area contributed by atoms with Crippen LogP contribution in [0.4, 0.5) is 5.69 Å². The third-order valence-electron chi connectivity index (χ3n) is 3.39. The number of hydrogen-bond acceptors (Lipinski definition) is 4. The number of anilines is 1. The van der Waals surface area contributed by atoms with Crippen LogP contribution in [0.1, 0.15) is 30.6 Å². The second-order valence-electron chi connectivity index (χ2n) is 5.42. The number of nitrogens with one attached hydrogen (secondary N) is 1. The van der Waals surface area contributed by atoms with E-state index < -0.39 is 0 Å². The molecule has 0 amide bonds. The number of benzene rings is 2. The van der Waals surface area contributed by atoms with Crippen LogP contribution in [-0.4, -0.2) is 19.5 Å². The van der Waals surface area contributed by atoms with E-state index in [1.54, 1.807) is 37.5 Å². The first-order chi connectivity index (χ1) is 11.6. The van der Waals surface area contributed by atoms with Crippen LogP contribution in [-0.2, 0) is 0 Å². The van der Waals surface area contributed by atoms with Crippen molar-refractivity contribution in [1.82, 2.24) is 0 Å². The Morgan fingerprint density at radius 1 is 1.04 bits per heavy atom. The zero-order valence-electron chi connectivity index (χ0n) is 14.3. The highest BCUT2D eigenvalue weighted by Crippen LogP contribution is 2.18. The summed E-state index contributed by atoms with van der Waals surface area (Å²) < 4.78 is 10.6. The molecule has 2 aromatic carbocycles. The average Bonchev–Trinajstić information content (AvgIpc) is 2.61. The zero-order valence-corrected chi connectivity index (χ0v) is 14.3. The predicted octanol–water partition coefficient (Wildman–Crippen LogP) is 4.68. The summed E-state index contributed by atoms with van der Waals surface area (Å²) in [7, 11) is 1.60. The van der Waals surface area contributed by atoms with Crippen LogP contribution in [0.2, 0.25) is 0 Å². The van der Waals surface area contributed by atoms with Gasteiger partial charge in [0.25, 0.3) is 0 Å². The van der Waals surface area contributed by atoms with Crippen LogP contribution in [0.5, 0.6) is 11.5 Å². The summed E-state index contributed by atoms with van der Waals surface area (Å²) in [6.45, 7) is 4.65. The summed E-state index contributed by atoms with van der Waals surface area (Å²) in [5, 5.41) is 3.21. The van der Waals surface area contributed by atoms with Crippen molar-refractivity contribution in [3.8, 4) is 11.5 Å². The number of ether oxygens (including phenoxy) is 2. The van der Waals surface area contributed by atoms with Crippen molar-refractivity contribution in [3.63, 3.8) is 0 Å². The normalized spacial score (nSPS) is 11.0. The Morgan fingerprint density at radius 3 is 2.25 bits per heavy atom. The number of carbonyl (C=O) groups excluding carboxylic acids is 1. The molecule has 0 fully saturated rings. The van der Waals surface area contributed by atoms with Gasteiger partial charge < -0.3 is 14.8 Å². The standard InChI is InChI=1S/C20H23NO3/c1-4-13-24-19-11-7-17(8-12-19)21-15(2)14-20(22)16-5-9-18(23-3)10-6-16/h5-12,14,21H,4,13H2,1-3H3/b15-14+. The summed E-state index contributed by atoms with van der Waals surface area (Å²) in [6, 6.07) is 14.8. The molecular weight excluding hydrogens is 302 g/mol. The van der Waals surface area contributed by atoms with E-state index in [2.05, 4.69) is 12.2 Å². The van der Waals surface area contributed by atoms with Crippen LogP contribution in [0, 0.1) is 0 Å². The van der Waals surface area contributed by atoms with Crippen molar-refractivity contribution in [3.05, 3.63) is 65.9 Å². The van der Waals surface area contributed by atoms with Gasteiger partial charge in [-0.2, -0.15) is 0 Å². The molecule has 0 heterocycles. The molecule has 4 nitrogen and oxygen atoms in total. The van der Waals surface area contributed by atoms with Crippen LogP contribution in [0.3, 0.4) is 0 Å². The summed E-state index contributed by atoms with van der Waals surface area (Å²) in [5.74, 6) is 1.53. The first-order valence-electron chi connectivity index (χ1n) is 7.99. The van der Waals surface area contributed by atoms with Gasteiger partial charge in [-0.05, 0) is 61.9 Å². The fourth-order valence-electron chi connectivity index (χ4n) is 2.15. The van der Waals surface area contributed by atoms with Gasteiger partial charge in [0.05, 0.1) is 13.7 Å². The highest BCUT2D eigenvalue weighted by molar-refractivity contribution is 6.05. The van der Waals surface area contributed by atoms with Crippen LogP contribution >= 0.6 is 0 Å². The topological polar surface area (TPSA) is 47.6 Å². The molecule has 0 saturated heterocycles. The van der Waals surface area contributed by atoms with Gasteiger partial charge in [0.2, 0.25) is 0 Å². The van der Waals surface area contributed by atoms with Crippen molar-refractivity contribution in [1.29, 1.82) is 0 Å². The molecule has 24 heavy (non-hydrogen) atoms. The minimum Gasteiger partial charge on any atom is -0.497 e. The van der Waals surface area contributed by atoms with E-state index >= 15 is 0 Å². The van der Waals surface area contributed by atoms with Gasteiger partial charge in [-0.15, -0.1) is 0 Å². The van der Waals surface area contributed by atoms with Gasteiger partial charge in [0.1, 0.15) is 11.5 Å². The molecule has 4 heteroatoms. The second kappa shape index (κ2) is 8.77. The van der Waals surface area contributed by atoms with E-state index in [9.17, 15) is 4.79 Å². The van der Waals surface area contributed by atoms with E-state index in [0.717, 1.165) is 29.3 Å². The maximum Gasteiger partial charge on any atom is 0.187 e. The smallest absolute Gasteiger partial charge is 0.187 e. The van der Waals surface area contributed by atoms with Gasteiger partial charge in [-0.3, -0.25) is 4.79 Å². The summed E-state index contributed by atoms with van der Waals surface area (Å²) in [6.07, 6.45) is 2.57. The maximum absolute atomic E-state index is 12.2. The van der Waals surface area contributed by atoms with E-state index in [1.165, 1.54) is 0 Å².